The van der Waals surface area contributed by atoms with Crippen molar-refractivity contribution in [3.8, 4) is 17.2 Å². The van der Waals surface area contributed by atoms with E-state index >= 15 is 0 Å². The number of nitrogens with one attached hydrogen (secondary N) is 1. The van der Waals surface area contributed by atoms with Crippen LogP contribution in [-0.4, -0.2) is 34.3 Å². The molecule has 0 aromatic heterocycles. The molecule has 1 N–H and O–H groups in total. The van der Waals surface area contributed by atoms with E-state index in [-0.39, 0.29) is 10.6 Å². The predicted octanol–water partition coefficient (Wildman–Crippen LogP) is 4.02. The van der Waals surface area contributed by atoms with Gasteiger partial charge in [0.05, 0.1) is 30.4 Å². The molecule has 0 aliphatic rings. The van der Waals surface area contributed by atoms with Gasteiger partial charge in [-0.1, -0.05) is 25.1 Å². The van der Waals surface area contributed by atoms with E-state index < -0.39 is 16.0 Å². The van der Waals surface area contributed by atoms with Crippen molar-refractivity contribution in [2.75, 3.05) is 13.7 Å². The molecule has 0 spiro atoms. The van der Waals surface area contributed by atoms with Gasteiger partial charge in [-0.3, -0.25) is 0 Å². The normalized spacial score (nSPS) is 11.2. The molecule has 3 aromatic carbocycles. The number of hydrogen-bond acceptors (Lipinski definition) is 7. The average molecular weight is 469 g/mol. The molecular formula is C24H24N2O6S. The second kappa shape index (κ2) is 11.1. The Morgan fingerprint density at radius 1 is 1.00 bits per heavy atom. The maximum absolute atomic E-state index is 12.5. The summed E-state index contributed by atoms with van der Waals surface area (Å²) < 4.78 is 40.7. The summed E-state index contributed by atoms with van der Waals surface area (Å²) in [6.07, 6.45) is 2.22. The minimum atomic E-state index is -3.77. The number of hydrazone groups is 1. The third kappa shape index (κ3) is 6.56. The van der Waals surface area contributed by atoms with Gasteiger partial charge in [-0.2, -0.15) is 13.5 Å². The van der Waals surface area contributed by atoms with Crippen LogP contribution < -0.4 is 19.0 Å². The van der Waals surface area contributed by atoms with Gasteiger partial charge in [0.2, 0.25) is 0 Å². The molecule has 0 unspecified atom stereocenters. The van der Waals surface area contributed by atoms with Gasteiger partial charge in [0.1, 0.15) is 5.75 Å². The summed E-state index contributed by atoms with van der Waals surface area (Å²) in [5, 5.41) is 3.79. The van der Waals surface area contributed by atoms with E-state index in [0.717, 1.165) is 6.42 Å². The van der Waals surface area contributed by atoms with Crippen molar-refractivity contribution in [2.45, 2.75) is 18.2 Å². The highest BCUT2D eigenvalue weighted by Gasteiger charge is 2.14. The molecule has 33 heavy (non-hydrogen) atoms. The van der Waals surface area contributed by atoms with Gasteiger partial charge in [-0.05, 0) is 66.6 Å². The van der Waals surface area contributed by atoms with Crippen molar-refractivity contribution < 1.29 is 27.4 Å². The van der Waals surface area contributed by atoms with Crippen LogP contribution in [0.25, 0.3) is 0 Å². The van der Waals surface area contributed by atoms with Gasteiger partial charge >= 0.3 is 5.97 Å². The first-order chi connectivity index (χ1) is 15.9. The van der Waals surface area contributed by atoms with Crippen LogP contribution in [0.2, 0.25) is 0 Å². The largest absolute Gasteiger partial charge is 0.494 e. The minimum Gasteiger partial charge on any atom is -0.494 e. The molecular weight excluding hydrogens is 444 g/mol. The first-order valence-corrected chi connectivity index (χ1v) is 11.6. The zero-order valence-corrected chi connectivity index (χ0v) is 19.0. The molecule has 0 fully saturated rings. The Bertz CT molecular complexity index is 1210. The predicted molar refractivity (Wildman–Crippen MR) is 125 cm³/mol. The number of carbonyl (C=O) groups excluding carboxylic acids is 1. The first kappa shape index (κ1) is 23.8. The Hall–Kier alpha value is -3.85. The fraction of sp³-hybridized carbons (Fsp3) is 0.167. The summed E-state index contributed by atoms with van der Waals surface area (Å²) in [5.41, 5.74) is 0.904. The summed E-state index contributed by atoms with van der Waals surface area (Å²) in [7, 11) is -2.33. The van der Waals surface area contributed by atoms with Crippen LogP contribution >= 0.6 is 0 Å². The van der Waals surface area contributed by atoms with Gasteiger partial charge in [0, 0.05) is 0 Å². The third-order valence-corrected chi connectivity index (χ3v) is 5.63. The van der Waals surface area contributed by atoms with Crippen molar-refractivity contribution in [3.05, 3.63) is 83.9 Å². The lowest BCUT2D eigenvalue weighted by Crippen LogP contribution is -2.18. The van der Waals surface area contributed by atoms with E-state index in [4.69, 9.17) is 14.2 Å². The van der Waals surface area contributed by atoms with E-state index in [0.29, 0.717) is 29.2 Å². The summed E-state index contributed by atoms with van der Waals surface area (Å²) in [6.45, 7) is 2.61. The van der Waals surface area contributed by atoms with E-state index in [2.05, 4.69) is 9.93 Å². The first-order valence-electron chi connectivity index (χ1n) is 10.2. The van der Waals surface area contributed by atoms with E-state index in [1.165, 1.54) is 25.5 Å². The maximum atomic E-state index is 12.5. The highest BCUT2D eigenvalue weighted by atomic mass is 32.2. The van der Waals surface area contributed by atoms with Gasteiger partial charge in [-0.25, -0.2) is 9.63 Å². The molecule has 9 heteroatoms. The van der Waals surface area contributed by atoms with Crippen LogP contribution in [0.15, 0.2) is 82.8 Å². The monoisotopic (exact) mass is 468 g/mol. The van der Waals surface area contributed by atoms with Crippen molar-refractivity contribution >= 4 is 22.2 Å². The number of sulfonamides is 1. The zero-order valence-electron chi connectivity index (χ0n) is 18.2. The standard InChI is InChI=1S/C24H24N2O6S/c1-3-15-31-20-12-10-19(11-13-20)24(27)32-22-14-9-18(16-23(22)30-2)17-25-26-33(28,29)21-7-5-4-6-8-21/h4-14,16-17,26H,3,15H2,1-2H3/b25-17+. The fourth-order valence-electron chi connectivity index (χ4n) is 2.74. The van der Waals surface area contributed by atoms with Gasteiger partial charge in [0.25, 0.3) is 10.0 Å². The Morgan fingerprint density at radius 2 is 1.73 bits per heavy atom. The van der Waals surface area contributed by atoms with Crippen molar-refractivity contribution in [1.82, 2.24) is 4.83 Å². The molecule has 0 bridgehead atoms. The molecule has 0 saturated heterocycles. The Balaban J connectivity index is 1.67. The zero-order chi connectivity index (χ0) is 23.7. The maximum Gasteiger partial charge on any atom is 0.343 e. The smallest absolute Gasteiger partial charge is 0.343 e. The number of hydrogen-bond donors (Lipinski definition) is 1. The molecule has 0 saturated carbocycles. The number of esters is 1. The highest BCUT2D eigenvalue weighted by Crippen LogP contribution is 2.28. The molecule has 0 aliphatic heterocycles. The average Bonchev–Trinajstić information content (AvgIpc) is 2.84. The topological polar surface area (TPSA) is 103 Å². The van der Waals surface area contributed by atoms with Gasteiger partial charge < -0.3 is 14.2 Å². The van der Waals surface area contributed by atoms with Crippen LogP contribution in [0.3, 0.4) is 0 Å². The molecule has 0 radical (unpaired) electrons. The van der Waals surface area contributed by atoms with Crippen molar-refractivity contribution in [2.24, 2.45) is 5.10 Å². The summed E-state index contributed by atoms with van der Waals surface area (Å²) in [4.78, 5) is 14.7. The third-order valence-electron chi connectivity index (χ3n) is 4.39. The highest BCUT2D eigenvalue weighted by molar-refractivity contribution is 7.89. The lowest BCUT2D eigenvalue weighted by Gasteiger charge is -2.10. The SMILES string of the molecule is CCCOc1ccc(C(=O)Oc2ccc(/C=N/NS(=O)(=O)c3ccccc3)cc2OC)cc1. The summed E-state index contributed by atoms with van der Waals surface area (Å²) in [6, 6.07) is 19.3. The van der Waals surface area contributed by atoms with Crippen LogP contribution in [0.4, 0.5) is 0 Å². The second-order valence-electron chi connectivity index (χ2n) is 6.84. The molecule has 172 valence electrons. The molecule has 0 aliphatic carbocycles. The molecule has 8 nitrogen and oxygen atoms in total. The summed E-state index contributed by atoms with van der Waals surface area (Å²) >= 11 is 0. The van der Waals surface area contributed by atoms with E-state index in [1.54, 1.807) is 60.7 Å². The molecule has 0 atom stereocenters. The van der Waals surface area contributed by atoms with Gasteiger partial charge in [0.15, 0.2) is 11.5 Å². The van der Waals surface area contributed by atoms with Crippen LogP contribution in [0.1, 0.15) is 29.3 Å². The van der Waals surface area contributed by atoms with E-state index in [1.807, 2.05) is 6.92 Å². The quantitative estimate of drug-likeness (QED) is 0.209. The Kier molecular flexibility index (Phi) is 8.04. The number of methoxy groups -OCH3 is 1. The fourth-order valence-corrected chi connectivity index (χ4v) is 3.55. The van der Waals surface area contributed by atoms with Crippen LogP contribution in [0, 0.1) is 0 Å². The molecule has 0 amide bonds. The lowest BCUT2D eigenvalue weighted by molar-refractivity contribution is 0.0729. The Morgan fingerprint density at radius 3 is 2.39 bits per heavy atom. The van der Waals surface area contributed by atoms with Crippen molar-refractivity contribution in [1.29, 1.82) is 0 Å². The van der Waals surface area contributed by atoms with Gasteiger partial charge in [-0.15, -0.1) is 0 Å². The number of rotatable bonds is 10. The minimum absolute atomic E-state index is 0.104. The van der Waals surface area contributed by atoms with E-state index in [9.17, 15) is 13.2 Å². The lowest BCUT2D eigenvalue weighted by atomic mass is 10.2. The Labute approximate surface area is 192 Å². The van der Waals surface area contributed by atoms with Crippen LogP contribution in [-0.2, 0) is 10.0 Å². The number of carbonyl (C=O) groups is 1. The summed E-state index contributed by atoms with van der Waals surface area (Å²) in [5.74, 6) is 0.641. The second-order valence-corrected chi connectivity index (χ2v) is 8.50. The molecule has 3 rings (SSSR count). The van der Waals surface area contributed by atoms with Crippen molar-refractivity contribution in [3.63, 3.8) is 0 Å². The van der Waals surface area contributed by atoms with Crippen LogP contribution in [0.5, 0.6) is 17.2 Å². The number of benzene rings is 3. The number of nitrogens with zero attached hydrogens (tertiary/aromatic N) is 1. The number of ether oxygens (including phenoxy) is 3. The molecule has 3 aromatic rings. The molecule has 0 heterocycles.